The van der Waals surface area contributed by atoms with Crippen molar-refractivity contribution in [3.8, 4) is 0 Å². The Morgan fingerprint density at radius 1 is 1.57 bits per heavy atom. The molecule has 5 heteroatoms. The third-order valence-corrected chi connectivity index (χ3v) is 3.60. The summed E-state index contributed by atoms with van der Waals surface area (Å²) < 4.78 is 0.929. The monoisotopic (exact) mass is 275 g/mol. The highest BCUT2D eigenvalue weighted by molar-refractivity contribution is 9.10. The van der Waals surface area contributed by atoms with Crippen molar-refractivity contribution >= 4 is 33.3 Å². The van der Waals surface area contributed by atoms with E-state index in [1.165, 1.54) is 0 Å². The van der Waals surface area contributed by atoms with Gasteiger partial charge in [-0.2, -0.15) is 0 Å². The van der Waals surface area contributed by atoms with Gasteiger partial charge in [0.15, 0.2) is 0 Å². The minimum atomic E-state index is 0.219. The molecule has 1 saturated heterocycles. The van der Waals surface area contributed by atoms with Crippen molar-refractivity contribution in [3.63, 3.8) is 0 Å². The fourth-order valence-electron chi connectivity index (χ4n) is 1.64. The zero-order chi connectivity index (χ0) is 10.1. The first-order chi connectivity index (χ1) is 6.68. The number of anilines is 1. The Hall–Kier alpha value is -0.350. The molecule has 0 saturated carbocycles. The quantitative estimate of drug-likeness (QED) is 0.737. The van der Waals surface area contributed by atoms with Crippen LogP contribution in [0.1, 0.15) is 6.92 Å². The van der Waals surface area contributed by atoms with E-state index in [0.717, 1.165) is 23.4 Å². The van der Waals surface area contributed by atoms with Crippen LogP contribution < -0.4 is 4.90 Å². The van der Waals surface area contributed by atoms with Crippen molar-refractivity contribution < 1.29 is 0 Å². The number of aromatic nitrogens is 2. The second kappa shape index (κ2) is 4.03. The molecule has 0 bridgehead atoms. The van der Waals surface area contributed by atoms with Crippen LogP contribution >= 0.6 is 27.5 Å². The second-order valence-electron chi connectivity index (χ2n) is 3.59. The lowest BCUT2D eigenvalue weighted by Gasteiger charge is -2.17. The molecule has 1 aliphatic heterocycles. The smallest absolute Gasteiger partial charge is 0.146 e. The maximum atomic E-state index is 6.16. The van der Waals surface area contributed by atoms with E-state index in [4.69, 9.17) is 11.6 Å². The number of hydrogen-bond acceptors (Lipinski definition) is 3. The van der Waals surface area contributed by atoms with Crippen LogP contribution in [0.15, 0.2) is 17.0 Å². The first-order valence-corrected chi connectivity index (χ1v) is 5.76. The minimum absolute atomic E-state index is 0.219. The van der Waals surface area contributed by atoms with Crippen LogP contribution in [0.25, 0.3) is 0 Å². The highest BCUT2D eigenvalue weighted by atomic mass is 79.9. The topological polar surface area (TPSA) is 29.0 Å². The van der Waals surface area contributed by atoms with Gasteiger partial charge in [-0.3, -0.25) is 0 Å². The average molecular weight is 277 g/mol. The molecular formula is C9H11BrClN3. The van der Waals surface area contributed by atoms with Crippen LogP contribution in [0.2, 0.25) is 0 Å². The summed E-state index contributed by atoms with van der Waals surface area (Å²) in [5.74, 6) is 1.45. The molecule has 76 valence electrons. The van der Waals surface area contributed by atoms with Crippen LogP contribution in [0, 0.1) is 5.92 Å². The molecule has 1 aromatic rings. The number of nitrogens with zero attached hydrogens (tertiary/aromatic N) is 3. The van der Waals surface area contributed by atoms with E-state index in [0.29, 0.717) is 5.92 Å². The summed E-state index contributed by atoms with van der Waals surface area (Å²) >= 11 is 9.60. The normalized spacial score (nSPS) is 26.9. The Morgan fingerprint density at radius 2 is 2.36 bits per heavy atom. The summed E-state index contributed by atoms with van der Waals surface area (Å²) in [5, 5.41) is 0.219. The van der Waals surface area contributed by atoms with Gasteiger partial charge in [-0.25, -0.2) is 9.97 Å². The molecule has 0 aliphatic carbocycles. The Morgan fingerprint density at radius 3 is 2.93 bits per heavy atom. The van der Waals surface area contributed by atoms with Gasteiger partial charge in [-0.05, 0) is 21.8 Å². The van der Waals surface area contributed by atoms with Gasteiger partial charge < -0.3 is 4.90 Å². The maximum absolute atomic E-state index is 6.16. The van der Waals surface area contributed by atoms with Crippen molar-refractivity contribution in [1.29, 1.82) is 0 Å². The van der Waals surface area contributed by atoms with Crippen molar-refractivity contribution in [2.24, 2.45) is 5.92 Å². The Kier molecular flexibility index (Phi) is 2.93. The van der Waals surface area contributed by atoms with Gasteiger partial charge in [0.25, 0.3) is 0 Å². The summed E-state index contributed by atoms with van der Waals surface area (Å²) in [7, 11) is 0. The number of hydrogen-bond donors (Lipinski definition) is 0. The molecule has 1 aromatic heterocycles. The lowest BCUT2D eigenvalue weighted by Crippen LogP contribution is -2.21. The minimum Gasteiger partial charge on any atom is -0.354 e. The average Bonchev–Trinajstić information content (AvgIpc) is 2.48. The highest BCUT2D eigenvalue weighted by Crippen LogP contribution is 2.29. The Labute approximate surface area is 96.6 Å². The lowest BCUT2D eigenvalue weighted by atomic mass is 10.2. The van der Waals surface area contributed by atoms with Crippen LogP contribution in [0.4, 0.5) is 5.82 Å². The van der Waals surface area contributed by atoms with Gasteiger partial charge in [-0.15, -0.1) is 11.6 Å². The van der Waals surface area contributed by atoms with Crippen molar-refractivity contribution in [2.75, 3.05) is 18.0 Å². The van der Waals surface area contributed by atoms with Crippen molar-refractivity contribution in [3.05, 3.63) is 17.0 Å². The molecule has 2 unspecified atom stereocenters. The zero-order valence-electron chi connectivity index (χ0n) is 7.82. The molecule has 1 fully saturated rings. The molecule has 2 atom stereocenters. The molecule has 0 spiro atoms. The molecule has 2 rings (SSSR count). The molecule has 0 aromatic carbocycles. The molecule has 2 heterocycles. The van der Waals surface area contributed by atoms with E-state index >= 15 is 0 Å². The molecular weight excluding hydrogens is 265 g/mol. The number of rotatable bonds is 1. The Bertz CT molecular complexity index is 324. The summed E-state index contributed by atoms with van der Waals surface area (Å²) in [4.78, 5) is 10.4. The predicted molar refractivity (Wildman–Crippen MR) is 60.8 cm³/mol. The first-order valence-electron chi connectivity index (χ1n) is 4.53. The van der Waals surface area contributed by atoms with E-state index in [-0.39, 0.29) is 5.38 Å². The highest BCUT2D eigenvalue weighted by Gasteiger charge is 2.29. The van der Waals surface area contributed by atoms with Crippen molar-refractivity contribution in [2.45, 2.75) is 12.3 Å². The van der Waals surface area contributed by atoms with Crippen LogP contribution in [-0.4, -0.2) is 28.4 Å². The standard InChI is InChI=1S/C9H11BrClN3/c1-6-3-14(4-8(6)11)9-7(10)2-12-5-13-9/h2,5-6,8H,3-4H2,1H3. The SMILES string of the molecule is CC1CN(c2ncncc2Br)CC1Cl. The van der Waals surface area contributed by atoms with E-state index in [1.807, 2.05) is 0 Å². The molecule has 14 heavy (non-hydrogen) atoms. The van der Waals surface area contributed by atoms with Crippen LogP contribution in [0.3, 0.4) is 0 Å². The van der Waals surface area contributed by atoms with Gasteiger partial charge in [-0.1, -0.05) is 6.92 Å². The first kappa shape index (κ1) is 10.2. The molecule has 0 amide bonds. The van der Waals surface area contributed by atoms with Crippen LogP contribution in [0.5, 0.6) is 0 Å². The maximum Gasteiger partial charge on any atom is 0.146 e. The van der Waals surface area contributed by atoms with Gasteiger partial charge in [0, 0.05) is 19.3 Å². The molecule has 3 nitrogen and oxygen atoms in total. The van der Waals surface area contributed by atoms with Gasteiger partial charge in [0.1, 0.15) is 12.1 Å². The third kappa shape index (κ3) is 1.86. The van der Waals surface area contributed by atoms with Crippen molar-refractivity contribution in [1.82, 2.24) is 9.97 Å². The third-order valence-electron chi connectivity index (χ3n) is 2.47. The predicted octanol–water partition coefficient (Wildman–Crippen LogP) is 2.30. The lowest BCUT2D eigenvalue weighted by molar-refractivity contribution is 0.665. The Balaban J connectivity index is 2.21. The van der Waals surface area contributed by atoms with Crippen LogP contribution in [-0.2, 0) is 0 Å². The molecule has 0 N–H and O–H groups in total. The summed E-state index contributed by atoms with van der Waals surface area (Å²) in [6.45, 7) is 3.98. The molecule has 1 aliphatic rings. The second-order valence-corrected chi connectivity index (χ2v) is 5.01. The fourth-order valence-corrected chi connectivity index (χ4v) is 2.36. The van der Waals surface area contributed by atoms with Gasteiger partial charge in [0.2, 0.25) is 0 Å². The van der Waals surface area contributed by atoms with E-state index in [1.54, 1.807) is 12.5 Å². The van der Waals surface area contributed by atoms with E-state index in [9.17, 15) is 0 Å². The molecule has 0 radical (unpaired) electrons. The number of alkyl halides is 1. The summed E-state index contributed by atoms with van der Waals surface area (Å²) in [6, 6.07) is 0. The number of halogens is 2. The zero-order valence-corrected chi connectivity index (χ0v) is 10.2. The van der Waals surface area contributed by atoms with E-state index in [2.05, 4.69) is 37.7 Å². The summed E-state index contributed by atoms with van der Waals surface area (Å²) in [6.07, 6.45) is 3.32. The van der Waals surface area contributed by atoms with E-state index < -0.39 is 0 Å². The largest absolute Gasteiger partial charge is 0.354 e. The van der Waals surface area contributed by atoms with Gasteiger partial charge >= 0.3 is 0 Å². The fraction of sp³-hybridized carbons (Fsp3) is 0.556. The summed E-state index contributed by atoms with van der Waals surface area (Å²) in [5.41, 5.74) is 0. The van der Waals surface area contributed by atoms with Gasteiger partial charge in [0.05, 0.1) is 9.85 Å².